The Labute approximate surface area is 102 Å². The first-order valence-corrected chi connectivity index (χ1v) is 5.62. The summed E-state index contributed by atoms with van der Waals surface area (Å²) >= 11 is 0. The van der Waals surface area contributed by atoms with E-state index in [0.717, 1.165) is 18.6 Å². The summed E-state index contributed by atoms with van der Waals surface area (Å²) in [5.41, 5.74) is -1.60. The molecule has 1 aliphatic rings. The van der Waals surface area contributed by atoms with Gasteiger partial charge in [0.15, 0.2) is 0 Å². The van der Waals surface area contributed by atoms with Crippen molar-refractivity contribution in [1.82, 2.24) is 0 Å². The van der Waals surface area contributed by atoms with E-state index in [0.29, 0.717) is 18.9 Å². The molecule has 1 fully saturated rings. The molecule has 1 aliphatic carbocycles. The number of aliphatic hydroxyl groups is 1. The van der Waals surface area contributed by atoms with Gasteiger partial charge in [0.1, 0.15) is 5.82 Å². The average molecular weight is 263 g/mol. The van der Waals surface area contributed by atoms with E-state index in [1.54, 1.807) is 0 Å². The number of benzene rings is 1. The SMILES string of the molecule is OCC1(Nc2ccc(C(F)(F)F)cc2F)CCC1. The molecule has 0 radical (unpaired) electrons. The summed E-state index contributed by atoms with van der Waals surface area (Å²) in [6.07, 6.45) is -2.27. The summed E-state index contributed by atoms with van der Waals surface area (Å²) in [5.74, 6) is -0.954. The molecule has 6 heteroatoms. The minimum Gasteiger partial charge on any atom is -0.394 e. The van der Waals surface area contributed by atoms with Crippen molar-refractivity contribution < 1.29 is 22.7 Å². The van der Waals surface area contributed by atoms with Gasteiger partial charge in [-0.3, -0.25) is 0 Å². The smallest absolute Gasteiger partial charge is 0.394 e. The molecular formula is C12H13F4NO. The molecule has 2 N–H and O–H groups in total. The van der Waals surface area contributed by atoms with E-state index in [2.05, 4.69) is 5.32 Å². The maximum Gasteiger partial charge on any atom is 0.416 e. The Morgan fingerprint density at radius 3 is 2.33 bits per heavy atom. The molecule has 1 aromatic rings. The zero-order valence-electron chi connectivity index (χ0n) is 9.52. The standard InChI is InChI=1S/C12H13F4NO/c13-9-6-8(12(14,15)16)2-3-10(9)17-11(7-18)4-1-5-11/h2-3,6,17-18H,1,4-5,7H2. The lowest BCUT2D eigenvalue weighted by atomic mass is 9.77. The molecule has 0 amide bonds. The highest BCUT2D eigenvalue weighted by Crippen LogP contribution is 2.37. The van der Waals surface area contributed by atoms with Crippen LogP contribution in [0.4, 0.5) is 23.2 Å². The van der Waals surface area contributed by atoms with Crippen LogP contribution in [0.15, 0.2) is 18.2 Å². The van der Waals surface area contributed by atoms with Crippen LogP contribution in [0.1, 0.15) is 24.8 Å². The first kappa shape index (κ1) is 13.1. The Morgan fingerprint density at radius 1 is 1.28 bits per heavy atom. The summed E-state index contributed by atoms with van der Waals surface area (Å²) < 4.78 is 50.6. The lowest BCUT2D eigenvalue weighted by molar-refractivity contribution is -0.137. The van der Waals surface area contributed by atoms with E-state index in [-0.39, 0.29) is 12.3 Å². The van der Waals surface area contributed by atoms with Crippen molar-refractivity contribution in [3.8, 4) is 0 Å². The number of nitrogens with one attached hydrogen (secondary N) is 1. The summed E-state index contributed by atoms with van der Waals surface area (Å²) in [5, 5.41) is 12.0. The Kier molecular flexibility index (Phi) is 3.23. The number of anilines is 1. The lowest BCUT2D eigenvalue weighted by Gasteiger charge is -2.42. The van der Waals surface area contributed by atoms with E-state index in [1.807, 2.05) is 0 Å². The molecule has 0 aromatic heterocycles. The molecule has 100 valence electrons. The van der Waals surface area contributed by atoms with Crippen molar-refractivity contribution >= 4 is 5.69 Å². The lowest BCUT2D eigenvalue weighted by Crippen LogP contribution is -2.48. The Morgan fingerprint density at radius 2 is 1.94 bits per heavy atom. The summed E-state index contributed by atoms with van der Waals surface area (Å²) in [4.78, 5) is 0. The summed E-state index contributed by atoms with van der Waals surface area (Å²) in [6, 6.07) is 2.36. The molecule has 2 nitrogen and oxygen atoms in total. The van der Waals surface area contributed by atoms with Crippen molar-refractivity contribution in [2.75, 3.05) is 11.9 Å². The maximum atomic E-state index is 13.6. The van der Waals surface area contributed by atoms with Crippen molar-refractivity contribution in [1.29, 1.82) is 0 Å². The molecular weight excluding hydrogens is 250 g/mol. The third-order valence-electron chi connectivity index (χ3n) is 3.31. The van der Waals surface area contributed by atoms with Crippen LogP contribution in [0.25, 0.3) is 0 Å². The molecule has 0 spiro atoms. The second-order valence-corrected chi connectivity index (χ2v) is 4.61. The molecule has 0 unspecified atom stereocenters. The Bertz CT molecular complexity index is 435. The van der Waals surface area contributed by atoms with Gasteiger partial charge in [-0.05, 0) is 37.5 Å². The van der Waals surface area contributed by atoms with Crippen molar-refractivity contribution in [3.63, 3.8) is 0 Å². The van der Waals surface area contributed by atoms with Gasteiger partial charge in [-0.15, -0.1) is 0 Å². The van der Waals surface area contributed by atoms with Gasteiger partial charge in [0.25, 0.3) is 0 Å². The van der Waals surface area contributed by atoms with Gasteiger partial charge < -0.3 is 10.4 Å². The fourth-order valence-corrected chi connectivity index (χ4v) is 2.00. The van der Waals surface area contributed by atoms with Gasteiger partial charge in [0.05, 0.1) is 23.4 Å². The van der Waals surface area contributed by atoms with Gasteiger partial charge in [-0.2, -0.15) is 13.2 Å². The molecule has 2 rings (SSSR count). The second kappa shape index (κ2) is 4.42. The third kappa shape index (κ3) is 2.43. The number of aliphatic hydroxyl groups excluding tert-OH is 1. The molecule has 0 saturated heterocycles. The molecule has 0 heterocycles. The highest BCUT2D eigenvalue weighted by Gasteiger charge is 2.37. The van der Waals surface area contributed by atoms with Crippen LogP contribution < -0.4 is 5.32 Å². The maximum absolute atomic E-state index is 13.6. The quantitative estimate of drug-likeness (QED) is 0.821. The van der Waals surface area contributed by atoms with E-state index >= 15 is 0 Å². The number of hydrogen-bond acceptors (Lipinski definition) is 2. The van der Waals surface area contributed by atoms with Crippen molar-refractivity contribution in [2.45, 2.75) is 31.0 Å². The van der Waals surface area contributed by atoms with E-state index in [4.69, 9.17) is 0 Å². The zero-order chi connectivity index (χ0) is 13.4. The van der Waals surface area contributed by atoms with Crippen molar-refractivity contribution in [2.24, 2.45) is 0 Å². The molecule has 0 atom stereocenters. The number of rotatable bonds is 3. The monoisotopic (exact) mass is 263 g/mol. The van der Waals surface area contributed by atoms with E-state index in [1.165, 1.54) is 0 Å². The highest BCUT2D eigenvalue weighted by atomic mass is 19.4. The van der Waals surface area contributed by atoms with Crippen LogP contribution >= 0.6 is 0 Å². The molecule has 0 aliphatic heterocycles. The van der Waals surface area contributed by atoms with E-state index < -0.39 is 23.1 Å². The Hall–Kier alpha value is -1.30. The summed E-state index contributed by atoms with van der Waals surface area (Å²) in [7, 11) is 0. The highest BCUT2D eigenvalue weighted by molar-refractivity contribution is 5.49. The Balaban J connectivity index is 2.20. The molecule has 1 aromatic carbocycles. The minimum absolute atomic E-state index is 0.00301. The predicted octanol–water partition coefficient (Wildman–Crippen LogP) is 3.17. The van der Waals surface area contributed by atoms with Crippen molar-refractivity contribution in [3.05, 3.63) is 29.6 Å². The first-order chi connectivity index (χ1) is 8.36. The molecule has 0 bridgehead atoms. The topological polar surface area (TPSA) is 32.3 Å². The van der Waals surface area contributed by atoms with E-state index in [9.17, 15) is 22.7 Å². The van der Waals surface area contributed by atoms with Gasteiger partial charge in [-0.25, -0.2) is 4.39 Å². The van der Waals surface area contributed by atoms with Crippen LogP contribution in [0, 0.1) is 5.82 Å². The normalized spacial score (nSPS) is 18.3. The van der Waals surface area contributed by atoms with Gasteiger partial charge in [-0.1, -0.05) is 0 Å². The largest absolute Gasteiger partial charge is 0.416 e. The van der Waals surface area contributed by atoms with Gasteiger partial charge in [0.2, 0.25) is 0 Å². The van der Waals surface area contributed by atoms with Crippen LogP contribution in [-0.4, -0.2) is 17.3 Å². The number of alkyl halides is 3. The molecule has 18 heavy (non-hydrogen) atoms. The summed E-state index contributed by atoms with van der Waals surface area (Å²) in [6.45, 7) is -0.159. The van der Waals surface area contributed by atoms with Gasteiger partial charge in [0, 0.05) is 0 Å². The van der Waals surface area contributed by atoms with Crippen LogP contribution in [0.2, 0.25) is 0 Å². The van der Waals surface area contributed by atoms with Gasteiger partial charge >= 0.3 is 6.18 Å². The van der Waals surface area contributed by atoms with Crippen LogP contribution in [0.5, 0.6) is 0 Å². The zero-order valence-corrected chi connectivity index (χ0v) is 9.52. The fourth-order valence-electron chi connectivity index (χ4n) is 2.00. The fraction of sp³-hybridized carbons (Fsp3) is 0.500. The first-order valence-electron chi connectivity index (χ1n) is 5.62. The number of halogens is 4. The predicted molar refractivity (Wildman–Crippen MR) is 58.7 cm³/mol. The molecule has 1 saturated carbocycles. The number of hydrogen-bond donors (Lipinski definition) is 2. The average Bonchev–Trinajstić information content (AvgIpc) is 2.24. The van der Waals surface area contributed by atoms with Crippen LogP contribution in [-0.2, 0) is 6.18 Å². The van der Waals surface area contributed by atoms with Crippen LogP contribution in [0.3, 0.4) is 0 Å². The third-order valence-corrected chi connectivity index (χ3v) is 3.31. The second-order valence-electron chi connectivity index (χ2n) is 4.61. The minimum atomic E-state index is -4.55.